The van der Waals surface area contributed by atoms with Gasteiger partial charge in [0, 0.05) is 18.8 Å². The number of likely N-dealkylation sites (tertiary alicyclic amines) is 1. The molecule has 2 aliphatic rings. The SMILES string of the molecule is C=C(c1ccc(C(C)C)cc1)N1CCC2(CC1)CC(CCC)CC(c1ccccc1)C2. The Hall–Kier alpha value is -2.02. The predicted octanol–water partition coefficient (Wildman–Crippen LogP) is 8.25. The highest BCUT2D eigenvalue weighted by molar-refractivity contribution is 5.62. The zero-order valence-corrected chi connectivity index (χ0v) is 19.9. The molecule has 1 aliphatic carbocycles. The van der Waals surface area contributed by atoms with Crippen LogP contribution in [0.1, 0.15) is 94.2 Å². The minimum atomic E-state index is 0.525. The van der Waals surface area contributed by atoms with Gasteiger partial charge in [-0.1, -0.05) is 94.8 Å². The zero-order valence-electron chi connectivity index (χ0n) is 19.9. The van der Waals surface area contributed by atoms with Crippen molar-refractivity contribution in [1.29, 1.82) is 0 Å². The van der Waals surface area contributed by atoms with Crippen LogP contribution in [0.3, 0.4) is 0 Å². The molecule has 0 radical (unpaired) electrons. The van der Waals surface area contributed by atoms with E-state index < -0.39 is 0 Å². The second kappa shape index (κ2) is 9.63. The monoisotopic (exact) mass is 415 g/mol. The first-order valence-electron chi connectivity index (χ1n) is 12.6. The van der Waals surface area contributed by atoms with Crippen LogP contribution in [0.25, 0.3) is 5.70 Å². The summed E-state index contributed by atoms with van der Waals surface area (Å²) in [6.07, 6.45) is 9.55. The summed E-state index contributed by atoms with van der Waals surface area (Å²) in [6.45, 7) is 13.7. The summed E-state index contributed by atoms with van der Waals surface area (Å²) in [7, 11) is 0. The molecular weight excluding hydrogens is 374 g/mol. The predicted molar refractivity (Wildman–Crippen MR) is 134 cm³/mol. The first kappa shape index (κ1) is 22.2. The highest BCUT2D eigenvalue weighted by Crippen LogP contribution is 2.53. The maximum atomic E-state index is 4.49. The lowest BCUT2D eigenvalue weighted by atomic mass is 9.59. The molecule has 0 bridgehead atoms. The van der Waals surface area contributed by atoms with E-state index in [4.69, 9.17) is 0 Å². The van der Waals surface area contributed by atoms with Gasteiger partial charge >= 0.3 is 0 Å². The average Bonchev–Trinajstić information content (AvgIpc) is 2.80. The van der Waals surface area contributed by atoms with E-state index in [9.17, 15) is 0 Å². The van der Waals surface area contributed by atoms with Gasteiger partial charge in [0.1, 0.15) is 0 Å². The summed E-state index contributed by atoms with van der Waals surface area (Å²) >= 11 is 0. The molecule has 1 nitrogen and oxygen atoms in total. The zero-order chi connectivity index (χ0) is 21.8. The molecule has 1 spiro atoms. The average molecular weight is 416 g/mol. The highest BCUT2D eigenvalue weighted by atomic mass is 15.1. The van der Waals surface area contributed by atoms with Crippen LogP contribution in [0, 0.1) is 11.3 Å². The first-order valence-corrected chi connectivity index (χ1v) is 12.6. The molecule has 1 heteroatoms. The van der Waals surface area contributed by atoms with Crippen LogP contribution in [0.5, 0.6) is 0 Å². The Morgan fingerprint density at radius 1 is 1.00 bits per heavy atom. The topological polar surface area (TPSA) is 3.24 Å². The minimum absolute atomic E-state index is 0.525. The van der Waals surface area contributed by atoms with Crippen molar-refractivity contribution in [3.63, 3.8) is 0 Å². The summed E-state index contributed by atoms with van der Waals surface area (Å²) in [5.41, 5.74) is 6.00. The molecular formula is C30H41N. The fraction of sp³-hybridized carbons (Fsp3) is 0.533. The van der Waals surface area contributed by atoms with Crippen molar-refractivity contribution < 1.29 is 0 Å². The number of piperidine rings is 1. The summed E-state index contributed by atoms with van der Waals surface area (Å²) in [6, 6.07) is 20.4. The van der Waals surface area contributed by atoms with Crippen LogP contribution in [0.2, 0.25) is 0 Å². The van der Waals surface area contributed by atoms with Crippen LogP contribution in [0.15, 0.2) is 61.2 Å². The van der Waals surface area contributed by atoms with Gasteiger partial charge in [0.2, 0.25) is 0 Å². The summed E-state index contributed by atoms with van der Waals surface area (Å²) < 4.78 is 0. The number of benzene rings is 2. The van der Waals surface area contributed by atoms with E-state index in [1.54, 1.807) is 5.56 Å². The molecule has 0 amide bonds. The van der Waals surface area contributed by atoms with E-state index in [0.29, 0.717) is 11.3 Å². The highest BCUT2D eigenvalue weighted by Gasteiger charge is 2.42. The van der Waals surface area contributed by atoms with Crippen molar-refractivity contribution >= 4 is 5.70 Å². The Morgan fingerprint density at radius 2 is 1.68 bits per heavy atom. The fourth-order valence-corrected chi connectivity index (χ4v) is 6.30. The second-order valence-corrected chi connectivity index (χ2v) is 10.6. The van der Waals surface area contributed by atoms with E-state index in [-0.39, 0.29) is 0 Å². The summed E-state index contributed by atoms with van der Waals surface area (Å²) in [4.78, 5) is 2.55. The lowest BCUT2D eigenvalue weighted by Crippen LogP contribution is -2.43. The maximum absolute atomic E-state index is 4.49. The number of nitrogens with zero attached hydrogens (tertiary/aromatic N) is 1. The molecule has 1 saturated carbocycles. The third-order valence-electron chi connectivity index (χ3n) is 8.10. The van der Waals surface area contributed by atoms with E-state index in [1.807, 2.05) is 0 Å². The molecule has 2 aromatic carbocycles. The molecule has 2 aromatic rings. The van der Waals surface area contributed by atoms with Crippen LogP contribution in [-0.2, 0) is 0 Å². The van der Waals surface area contributed by atoms with Gasteiger partial charge in [0.05, 0.1) is 0 Å². The van der Waals surface area contributed by atoms with Crippen LogP contribution in [0.4, 0.5) is 0 Å². The molecule has 4 rings (SSSR count). The third kappa shape index (κ3) is 5.08. The standard InChI is InChI=1S/C30H41N/c1-5-9-25-20-29(28-10-7-6-8-11-28)22-30(21-25)16-18-31(19-17-30)24(4)27-14-12-26(13-15-27)23(2)3/h6-8,10-15,23,25,29H,4-5,9,16-22H2,1-3H3. The molecule has 0 aromatic heterocycles. The van der Waals surface area contributed by atoms with E-state index in [2.05, 4.69) is 86.8 Å². The van der Waals surface area contributed by atoms with Gasteiger partial charge in [0.25, 0.3) is 0 Å². The molecule has 1 heterocycles. The van der Waals surface area contributed by atoms with Gasteiger partial charge in [-0.25, -0.2) is 0 Å². The smallest absolute Gasteiger partial charge is 0.0366 e. The molecule has 1 aliphatic heterocycles. The Kier molecular flexibility index (Phi) is 6.89. The van der Waals surface area contributed by atoms with E-state index >= 15 is 0 Å². The minimum Gasteiger partial charge on any atom is -0.371 e. The summed E-state index contributed by atoms with van der Waals surface area (Å²) in [5.74, 6) is 2.21. The molecule has 166 valence electrons. The van der Waals surface area contributed by atoms with Crippen molar-refractivity contribution in [2.24, 2.45) is 11.3 Å². The molecule has 0 N–H and O–H groups in total. The van der Waals surface area contributed by atoms with E-state index in [0.717, 1.165) is 24.9 Å². The largest absolute Gasteiger partial charge is 0.371 e. The number of hydrogen-bond acceptors (Lipinski definition) is 1. The van der Waals surface area contributed by atoms with Crippen molar-refractivity contribution in [2.75, 3.05) is 13.1 Å². The molecule has 2 fully saturated rings. The Labute approximate surface area is 190 Å². The van der Waals surface area contributed by atoms with Gasteiger partial charge < -0.3 is 4.90 Å². The Balaban J connectivity index is 1.44. The normalized spacial score (nSPS) is 23.3. The quantitative estimate of drug-likeness (QED) is 0.459. The Bertz CT molecular complexity index is 840. The summed E-state index contributed by atoms with van der Waals surface area (Å²) in [5, 5.41) is 0. The maximum Gasteiger partial charge on any atom is 0.0366 e. The second-order valence-electron chi connectivity index (χ2n) is 10.6. The van der Waals surface area contributed by atoms with Gasteiger partial charge in [-0.2, -0.15) is 0 Å². The van der Waals surface area contributed by atoms with Crippen molar-refractivity contribution in [1.82, 2.24) is 4.90 Å². The third-order valence-corrected chi connectivity index (χ3v) is 8.10. The van der Waals surface area contributed by atoms with Crippen molar-refractivity contribution in [2.45, 2.75) is 77.6 Å². The molecule has 1 saturated heterocycles. The van der Waals surface area contributed by atoms with Crippen molar-refractivity contribution in [3.8, 4) is 0 Å². The number of rotatable bonds is 6. The lowest BCUT2D eigenvalue weighted by Gasteiger charge is -2.50. The fourth-order valence-electron chi connectivity index (χ4n) is 6.30. The molecule has 2 unspecified atom stereocenters. The van der Waals surface area contributed by atoms with Crippen LogP contribution in [-0.4, -0.2) is 18.0 Å². The van der Waals surface area contributed by atoms with Gasteiger partial charge in [-0.3, -0.25) is 0 Å². The Morgan fingerprint density at radius 3 is 2.29 bits per heavy atom. The van der Waals surface area contributed by atoms with Crippen LogP contribution < -0.4 is 0 Å². The number of hydrogen-bond donors (Lipinski definition) is 0. The molecule has 31 heavy (non-hydrogen) atoms. The van der Waals surface area contributed by atoms with Gasteiger partial charge in [-0.05, 0) is 72.0 Å². The van der Waals surface area contributed by atoms with Gasteiger partial charge in [-0.15, -0.1) is 0 Å². The van der Waals surface area contributed by atoms with E-state index in [1.165, 1.54) is 61.8 Å². The van der Waals surface area contributed by atoms with Crippen molar-refractivity contribution in [3.05, 3.63) is 77.9 Å². The van der Waals surface area contributed by atoms with Crippen LogP contribution >= 0.6 is 0 Å². The van der Waals surface area contributed by atoms with Gasteiger partial charge in [0.15, 0.2) is 0 Å². The molecule has 2 atom stereocenters. The first-order chi connectivity index (χ1) is 15.0. The lowest BCUT2D eigenvalue weighted by molar-refractivity contribution is 0.0510.